The molecule has 0 saturated heterocycles. The van der Waals surface area contributed by atoms with Crippen LogP contribution in [0.15, 0.2) is 51.8 Å². The smallest absolute Gasteiger partial charge is 0.251 e. The number of aromatic nitrogens is 3. The van der Waals surface area contributed by atoms with E-state index in [0.29, 0.717) is 17.1 Å². The second-order valence-corrected chi connectivity index (χ2v) is 6.04. The summed E-state index contributed by atoms with van der Waals surface area (Å²) < 4.78 is 19.7. The maximum Gasteiger partial charge on any atom is 0.251 e. The van der Waals surface area contributed by atoms with Crippen molar-refractivity contribution in [3.8, 4) is 11.5 Å². The van der Waals surface area contributed by atoms with Gasteiger partial charge in [-0.3, -0.25) is 9.59 Å². The lowest BCUT2D eigenvalue weighted by molar-refractivity contribution is -0.116. The highest BCUT2D eigenvalue weighted by Gasteiger charge is 2.13. The summed E-state index contributed by atoms with van der Waals surface area (Å²) in [5, 5.41) is 10.5. The van der Waals surface area contributed by atoms with Gasteiger partial charge in [-0.05, 0) is 30.3 Å². The molecule has 0 unspecified atom stereocenters. The van der Waals surface area contributed by atoms with E-state index >= 15 is 0 Å². The monoisotopic (exact) mass is 356 g/mol. The summed E-state index contributed by atoms with van der Waals surface area (Å²) >= 11 is 0. The molecule has 7 nitrogen and oxygen atoms in total. The van der Waals surface area contributed by atoms with Crippen LogP contribution in [0.1, 0.15) is 25.7 Å². The van der Waals surface area contributed by atoms with Crippen LogP contribution in [0.25, 0.3) is 11.5 Å². The first-order chi connectivity index (χ1) is 12.4. The lowest BCUT2D eigenvalue weighted by Crippen LogP contribution is -2.26. The Hall–Kier alpha value is -3.29. The van der Waals surface area contributed by atoms with Crippen LogP contribution < -0.4 is 10.9 Å². The van der Waals surface area contributed by atoms with E-state index in [4.69, 9.17) is 4.42 Å². The maximum absolute atomic E-state index is 12.9. The number of hydrogen-bond acceptors (Lipinski definition) is 5. The topological polar surface area (TPSA) is 90.0 Å². The molecule has 0 aliphatic carbocycles. The Kier molecular flexibility index (Phi) is 4.92. The molecule has 134 valence electrons. The zero-order valence-corrected chi connectivity index (χ0v) is 14.3. The van der Waals surface area contributed by atoms with Crippen LogP contribution in [0, 0.1) is 5.82 Å². The minimum atomic E-state index is -0.413. The van der Waals surface area contributed by atoms with E-state index in [1.165, 1.54) is 41.1 Å². The standard InChI is InChI=1S/C18H17FN4O3/c1-11(2)17-21-22-18(26-17)12-3-8-16(25)23(9-12)10-15(24)20-14-6-4-13(19)5-7-14/h3-9,11H,10H2,1-2H3,(H,20,24). The second-order valence-electron chi connectivity index (χ2n) is 6.04. The summed E-state index contributed by atoms with van der Waals surface area (Å²) in [6.07, 6.45) is 1.49. The van der Waals surface area contributed by atoms with E-state index in [1.54, 1.807) is 6.07 Å². The Morgan fingerprint density at radius 3 is 2.58 bits per heavy atom. The summed E-state index contributed by atoms with van der Waals surface area (Å²) in [4.78, 5) is 24.2. The fourth-order valence-electron chi connectivity index (χ4n) is 2.25. The molecule has 2 heterocycles. The van der Waals surface area contributed by atoms with Crippen molar-refractivity contribution in [3.63, 3.8) is 0 Å². The zero-order valence-electron chi connectivity index (χ0n) is 14.3. The summed E-state index contributed by atoms with van der Waals surface area (Å²) in [5.41, 5.74) is 0.643. The summed E-state index contributed by atoms with van der Waals surface area (Å²) in [7, 11) is 0. The first kappa shape index (κ1) is 17.5. The maximum atomic E-state index is 12.9. The van der Waals surface area contributed by atoms with E-state index in [2.05, 4.69) is 15.5 Å². The molecule has 0 saturated carbocycles. The lowest BCUT2D eigenvalue weighted by atomic mass is 10.2. The quantitative estimate of drug-likeness (QED) is 0.759. The summed E-state index contributed by atoms with van der Waals surface area (Å²) in [6.45, 7) is 3.66. The molecule has 0 fully saturated rings. The molecule has 1 N–H and O–H groups in total. The van der Waals surface area contributed by atoms with Crippen LogP contribution in [0.2, 0.25) is 0 Å². The molecule has 3 rings (SSSR count). The zero-order chi connectivity index (χ0) is 18.7. The number of anilines is 1. The van der Waals surface area contributed by atoms with E-state index in [0.717, 1.165) is 0 Å². The predicted octanol–water partition coefficient (Wildman–Crippen LogP) is 2.80. The first-order valence-corrected chi connectivity index (χ1v) is 8.02. The van der Waals surface area contributed by atoms with Gasteiger partial charge in [-0.1, -0.05) is 13.8 Å². The molecule has 0 aliphatic rings. The van der Waals surface area contributed by atoms with Crippen molar-refractivity contribution < 1.29 is 13.6 Å². The van der Waals surface area contributed by atoms with Gasteiger partial charge >= 0.3 is 0 Å². The van der Waals surface area contributed by atoms with E-state index in [1.807, 2.05) is 13.8 Å². The number of pyridine rings is 1. The minimum absolute atomic E-state index is 0.0867. The molecule has 1 amide bonds. The van der Waals surface area contributed by atoms with Crippen molar-refractivity contribution in [2.45, 2.75) is 26.3 Å². The molecule has 0 aliphatic heterocycles. The average Bonchev–Trinajstić information content (AvgIpc) is 3.09. The lowest BCUT2D eigenvalue weighted by Gasteiger charge is -2.08. The van der Waals surface area contributed by atoms with Crippen LogP contribution in [-0.2, 0) is 11.3 Å². The third kappa shape index (κ3) is 4.02. The fourth-order valence-corrected chi connectivity index (χ4v) is 2.25. The third-order valence-electron chi connectivity index (χ3n) is 3.61. The molecule has 0 atom stereocenters. The van der Waals surface area contributed by atoms with Crippen molar-refractivity contribution in [2.24, 2.45) is 0 Å². The summed E-state index contributed by atoms with van der Waals surface area (Å²) in [5.74, 6) is 0.0494. The van der Waals surface area contributed by atoms with Gasteiger partial charge in [-0.2, -0.15) is 0 Å². The molecule has 0 radical (unpaired) electrons. The van der Waals surface area contributed by atoms with Gasteiger partial charge in [0.05, 0.1) is 5.56 Å². The number of hydrogen-bond donors (Lipinski definition) is 1. The molecule has 3 aromatic rings. The Bertz CT molecular complexity index is 977. The molecular weight excluding hydrogens is 339 g/mol. The number of carbonyl (C=O) groups excluding carboxylic acids is 1. The Morgan fingerprint density at radius 2 is 1.92 bits per heavy atom. The number of nitrogens with zero attached hydrogens (tertiary/aromatic N) is 3. The van der Waals surface area contributed by atoms with Crippen molar-refractivity contribution in [1.82, 2.24) is 14.8 Å². The Balaban J connectivity index is 1.77. The van der Waals surface area contributed by atoms with Crippen LogP contribution in [0.5, 0.6) is 0 Å². The molecule has 2 aromatic heterocycles. The molecular formula is C18H17FN4O3. The molecule has 0 bridgehead atoms. The van der Waals surface area contributed by atoms with Crippen LogP contribution in [0.3, 0.4) is 0 Å². The number of carbonyl (C=O) groups is 1. The molecule has 0 spiro atoms. The second kappa shape index (κ2) is 7.30. The van der Waals surface area contributed by atoms with E-state index < -0.39 is 11.7 Å². The van der Waals surface area contributed by atoms with E-state index in [9.17, 15) is 14.0 Å². The third-order valence-corrected chi connectivity index (χ3v) is 3.61. The number of rotatable bonds is 5. The Morgan fingerprint density at radius 1 is 1.19 bits per heavy atom. The molecule has 8 heteroatoms. The number of nitrogens with one attached hydrogen (secondary N) is 1. The fraction of sp³-hybridized carbons (Fsp3) is 0.222. The van der Waals surface area contributed by atoms with Crippen LogP contribution >= 0.6 is 0 Å². The first-order valence-electron chi connectivity index (χ1n) is 8.02. The van der Waals surface area contributed by atoms with Gasteiger partial charge in [0, 0.05) is 23.9 Å². The van der Waals surface area contributed by atoms with Gasteiger partial charge in [-0.25, -0.2) is 4.39 Å². The average molecular weight is 356 g/mol. The van der Waals surface area contributed by atoms with Crippen molar-refractivity contribution >= 4 is 11.6 Å². The molecule has 1 aromatic carbocycles. The minimum Gasteiger partial charge on any atom is -0.420 e. The van der Waals surface area contributed by atoms with Gasteiger partial charge in [0.25, 0.3) is 5.56 Å². The number of amides is 1. The van der Waals surface area contributed by atoms with Gasteiger partial charge < -0.3 is 14.3 Å². The normalized spacial score (nSPS) is 10.9. The van der Waals surface area contributed by atoms with Crippen molar-refractivity contribution in [3.05, 3.63) is 64.7 Å². The Labute approximate surface area is 148 Å². The van der Waals surface area contributed by atoms with Gasteiger partial charge in [-0.15, -0.1) is 10.2 Å². The SMILES string of the molecule is CC(C)c1nnc(-c2ccc(=O)n(CC(=O)Nc3ccc(F)cc3)c2)o1. The largest absolute Gasteiger partial charge is 0.420 e. The number of halogens is 1. The van der Waals surface area contributed by atoms with Gasteiger partial charge in [0.15, 0.2) is 0 Å². The summed E-state index contributed by atoms with van der Waals surface area (Å²) in [6, 6.07) is 8.26. The number of benzene rings is 1. The van der Waals surface area contributed by atoms with Crippen molar-refractivity contribution in [2.75, 3.05) is 5.32 Å². The predicted molar refractivity (Wildman–Crippen MR) is 93.1 cm³/mol. The highest BCUT2D eigenvalue weighted by Crippen LogP contribution is 2.20. The van der Waals surface area contributed by atoms with Crippen LogP contribution in [0.4, 0.5) is 10.1 Å². The van der Waals surface area contributed by atoms with E-state index in [-0.39, 0.29) is 23.9 Å². The molecule has 26 heavy (non-hydrogen) atoms. The van der Waals surface area contributed by atoms with Gasteiger partial charge in [0.1, 0.15) is 12.4 Å². The highest BCUT2D eigenvalue weighted by molar-refractivity contribution is 5.90. The van der Waals surface area contributed by atoms with Crippen molar-refractivity contribution in [1.29, 1.82) is 0 Å². The van der Waals surface area contributed by atoms with Gasteiger partial charge in [0.2, 0.25) is 17.7 Å². The highest BCUT2D eigenvalue weighted by atomic mass is 19.1. The van der Waals surface area contributed by atoms with Crippen LogP contribution in [-0.4, -0.2) is 20.7 Å².